The van der Waals surface area contributed by atoms with Crippen LogP contribution in [-0.2, 0) is 19.1 Å². The summed E-state index contributed by atoms with van der Waals surface area (Å²) in [6, 6.07) is 0. The molecule has 1 aliphatic heterocycles. The Labute approximate surface area is 58.1 Å². The first-order chi connectivity index (χ1) is 4.61. The number of carbonyl (C=O) groups is 2. The fraction of sp³-hybridized carbons (Fsp3) is 0.667. The second-order valence-electron chi connectivity index (χ2n) is 2.22. The number of ether oxygens (including phenoxy) is 2. The highest BCUT2D eigenvalue weighted by Gasteiger charge is 2.32. The molecule has 0 aliphatic carbocycles. The minimum absolute atomic E-state index is 0.329. The largest absolute Gasteiger partial charge is 0.450 e. The molecule has 0 aromatic carbocycles. The van der Waals surface area contributed by atoms with Crippen molar-refractivity contribution in [2.75, 3.05) is 0 Å². The van der Waals surface area contributed by atoms with Crippen LogP contribution in [0.2, 0.25) is 0 Å². The number of carbonyl (C=O) groups excluding carboxylic acids is 2. The second kappa shape index (κ2) is 2.28. The molecule has 0 aromatic heterocycles. The minimum atomic E-state index is -0.898. The number of esters is 2. The fourth-order valence-electron chi connectivity index (χ4n) is 0.626. The summed E-state index contributed by atoms with van der Waals surface area (Å²) >= 11 is 0. The summed E-state index contributed by atoms with van der Waals surface area (Å²) < 4.78 is 9.19. The summed E-state index contributed by atoms with van der Waals surface area (Å²) in [6.45, 7) is 3.35. The van der Waals surface area contributed by atoms with Gasteiger partial charge in [0.25, 0.3) is 0 Å². The van der Waals surface area contributed by atoms with Crippen LogP contribution in [0.1, 0.15) is 13.8 Å². The lowest BCUT2D eigenvalue weighted by Gasteiger charge is -2.24. The van der Waals surface area contributed by atoms with Crippen LogP contribution in [0.3, 0.4) is 0 Å². The Morgan fingerprint density at radius 2 is 1.30 bits per heavy atom. The van der Waals surface area contributed by atoms with E-state index >= 15 is 0 Å². The highest BCUT2D eigenvalue weighted by Crippen LogP contribution is 2.09. The zero-order valence-electron chi connectivity index (χ0n) is 5.79. The smallest absolute Gasteiger partial charge is 0.417 e. The molecular formula is C6H8O4. The first-order valence-corrected chi connectivity index (χ1v) is 3.03. The summed E-state index contributed by atoms with van der Waals surface area (Å²) in [5, 5.41) is 0. The summed E-state index contributed by atoms with van der Waals surface area (Å²) in [7, 11) is 0. The first-order valence-electron chi connectivity index (χ1n) is 3.03. The molecule has 0 aromatic rings. The van der Waals surface area contributed by atoms with Crippen LogP contribution in [0.25, 0.3) is 0 Å². The van der Waals surface area contributed by atoms with Crippen LogP contribution in [-0.4, -0.2) is 24.1 Å². The predicted octanol–water partition coefficient (Wildman–Crippen LogP) is -0.137. The maximum atomic E-state index is 10.5. The van der Waals surface area contributed by atoms with Gasteiger partial charge in [0.1, 0.15) is 12.2 Å². The molecule has 0 spiro atoms. The average Bonchev–Trinajstić information content (AvgIpc) is 1.84. The Morgan fingerprint density at radius 1 is 1.00 bits per heavy atom. The zero-order valence-corrected chi connectivity index (χ0v) is 5.79. The number of hydrogen-bond acceptors (Lipinski definition) is 4. The molecule has 0 amide bonds. The number of hydrogen-bond donors (Lipinski definition) is 0. The summed E-state index contributed by atoms with van der Waals surface area (Å²) in [6.07, 6.45) is -0.657. The third-order valence-corrected chi connectivity index (χ3v) is 1.41. The quantitative estimate of drug-likeness (QED) is 0.351. The summed E-state index contributed by atoms with van der Waals surface area (Å²) in [5.74, 6) is -1.80. The summed E-state index contributed by atoms with van der Waals surface area (Å²) in [4.78, 5) is 20.9. The molecule has 1 rings (SSSR count). The van der Waals surface area contributed by atoms with Crippen LogP contribution in [0, 0.1) is 0 Å². The van der Waals surface area contributed by atoms with E-state index in [1.807, 2.05) is 0 Å². The lowest BCUT2D eigenvalue weighted by molar-refractivity contribution is -0.191. The summed E-state index contributed by atoms with van der Waals surface area (Å²) in [5.41, 5.74) is 0. The van der Waals surface area contributed by atoms with Gasteiger partial charge in [0.05, 0.1) is 0 Å². The first kappa shape index (κ1) is 7.05. The third kappa shape index (κ3) is 1.10. The molecule has 10 heavy (non-hydrogen) atoms. The number of rotatable bonds is 0. The highest BCUT2D eigenvalue weighted by molar-refractivity contribution is 6.30. The van der Waals surface area contributed by atoms with Crippen molar-refractivity contribution in [3.63, 3.8) is 0 Å². The topological polar surface area (TPSA) is 52.6 Å². The van der Waals surface area contributed by atoms with E-state index in [9.17, 15) is 9.59 Å². The van der Waals surface area contributed by atoms with Crippen LogP contribution in [0.4, 0.5) is 0 Å². The van der Waals surface area contributed by atoms with Crippen molar-refractivity contribution in [3.05, 3.63) is 0 Å². The maximum Gasteiger partial charge on any atom is 0.417 e. The monoisotopic (exact) mass is 144 g/mol. The van der Waals surface area contributed by atoms with Crippen molar-refractivity contribution >= 4 is 11.9 Å². The Balaban J connectivity index is 2.63. The van der Waals surface area contributed by atoms with Gasteiger partial charge in [-0.3, -0.25) is 0 Å². The average molecular weight is 144 g/mol. The van der Waals surface area contributed by atoms with Gasteiger partial charge in [-0.1, -0.05) is 0 Å². The van der Waals surface area contributed by atoms with Gasteiger partial charge in [0.2, 0.25) is 0 Å². The molecular weight excluding hydrogens is 136 g/mol. The number of cyclic esters (lactones) is 2. The van der Waals surface area contributed by atoms with Crippen molar-refractivity contribution in [2.45, 2.75) is 26.1 Å². The van der Waals surface area contributed by atoms with E-state index in [1.165, 1.54) is 0 Å². The zero-order chi connectivity index (χ0) is 7.72. The molecule has 1 saturated heterocycles. The molecule has 0 bridgehead atoms. The van der Waals surface area contributed by atoms with E-state index < -0.39 is 11.9 Å². The fourth-order valence-corrected chi connectivity index (χ4v) is 0.626. The van der Waals surface area contributed by atoms with Crippen molar-refractivity contribution in [1.29, 1.82) is 0 Å². The van der Waals surface area contributed by atoms with Crippen LogP contribution >= 0.6 is 0 Å². The Kier molecular flexibility index (Phi) is 1.61. The molecule has 0 saturated carbocycles. The van der Waals surface area contributed by atoms with Gasteiger partial charge >= 0.3 is 11.9 Å². The van der Waals surface area contributed by atoms with E-state index in [2.05, 4.69) is 9.47 Å². The van der Waals surface area contributed by atoms with Crippen molar-refractivity contribution < 1.29 is 19.1 Å². The van der Waals surface area contributed by atoms with Gasteiger partial charge in [0, 0.05) is 0 Å². The van der Waals surface area contributed by atoms with Gasteiger partial charge in [-0.2, -0.15) is 0 Å². The van der Waals surface area contributed by atoms with E-state index in [1.54, 1.807) is 13.8 Å². The van der Waals surface area contributed by atoms with E-state index in [-0.39, 0.29) is 12.2 Å². The van der Waals surface area contributed by atoms with Gasteiger partial charge in [-0.05, 0) is 13.8 Å². The van der Waals surface area contributed by atoms with Crippen LogP contribution in [0.5, 0.6) is 0 Å². The van der Waals surface area contributed by atoms with Gasteiger partial charge < -0.3 is 9.47 Å². The molecule has 1 heterocycles. The Hall–Kier alpha value is -1.06. The molecule has 2 atom stereocenters. The molecule has 1 fully saturated rings. The molecule has 1 aliphatic rings. The van der Waals surface area contributed by atoms with Crippen molar-refractivity contribution in [3.8, 4) is 0 Å². The normalized spacial score (nSPS) is 33.0. The molecule has 0 N–H and O–H groups in total. The highest BCUT2D eigenvalue weighted by atomic mass is 16.6. The molecule has 0 radical (unpaired) electrons. The van der Waals surface area contributed by atoms with Gasteiger partial charge in [-0.25, -0.2) is 9.59 Å². The van der Waals surface area contributed by atoms with Gasteiger partial charge in [0.15, 0.2) is 0 Å². The predicted molar refractivity (Wildman–Crippen MR) is 31.1 cm³/mol. The minimum Gasteiger partial charge on any atom is -0.450 e. The van der Waals surface area contributed by atoms with Crippen molar-refractivity contribution in [1.82, 2.24) is 0 Å². The Morgan fingerprint density at radius 3 is 1.60 bits per heavy atom. The maximum absolute atomic E-state index is 10.5. The van der Waals surface area contributed by atoms with Crippen LogP contribution < -0.4 is 0 Å². The van der Waals surface area contributed by atoms with E-state index in [0.717, 1.165) is 0 Å². The molecule has 0 unspecified atom stereocenters. The lowest BCUT2D eigenvalue weighted by Crippen LogP contribution is -2.41. The van der Waals surface area contributed by atoms with Gasteiger partial charge in [-0.15, -0.1) is 0 Å². The molecule has 4 heteroatoms. The van der Waals surface area contributed by atoms with E-state index in [4.69, 9.17) is 0 Å². The second-order valence-corrected chi connectivity index (χ2v) is 2.22. The van der Waals surface area contributed by atoms with Crippen LogP contribution in [0.15, 0.2) is 0 Å². The molecule has 56 valence electrons. The van der Waals surface area contributed by atoms with E-state index in [0.29, 0.717) is 0 Å². The Bertz CT molecular complexity index is 155. The molecule has 4 nitrogen and oxygen atoms in total. The van der Waals surface area contributed by atoms with Crippen molar-refractivity contribution in [2.24, 2.45) is 0 Å². The SMILES string of the molecule is C[C@H]1OC(=O)C(=O)O[C@@H]1C. The third-order valence-electron chi connectivity index (χ3n) is 1.41. The standard InChI is InChI=1S/C6H8O4/c1-3-4(2)10-6(8)5(7)9-3/h3-4H,1-2H3/t3-,4-/m1/s1. The lowest BCUT2D eigenvalue weighted by atomic mass is 10.2.